The minimum Gasteiger partial charge on any atom is -0.379 e. The maximum atomic E-state index is 3.69. The fraction of sp³-hybridized carbons (Fsp3) is 0.308. The van der Waals surface area contributed by atoms with Crippen LogP contribution in [0.3, 0.4) is 0 Å². The molecule has 0 bridgehead atoms. The Morgan fingerprint density at radius 2 is 1.59 bits per heavy atom. The summed E-state index contributed by atoms with van der Waals surface area (Å²) in [5, 5.41) is 7.66. The predicted molar refractivity (Wildman–Crippen MR) is 123 cm³/mol. The van der Waals surface area contributed by atoms with E-state index in [4.69, 9.17) is 0 Å². The molecule has 0 saturated carbocycles. The van der Waals surface area contributed by atoms with E-state index < -0.39 is 0 Å². The van der Waals surface area contributed by atoms with Gasteiger partial charge in [0.15, 0.2) is 0 Å². The summed E-state index contributed by atoms with van der Waals surface area (Å²) in [7, 11) is 2.21. The minimum atomic E-state index is 0.840. The molecule has 1 aliphatic rings. The van der Waals surface area contributed by atoms with Gasteiger partial charge < -0.3 is 9.88 Å². The maximum Gasteiger partial charge on any atom is 0.0556 e. The van der Waals surface area contributed by atoms with Crippen molar-refractivity contribution in [3.63, 3.8) is 0 Å². The summed E-state index contributed by atoms with van der Waals surface area (Å²) in [6, 6.07) is 24.0. The number of nitrogens with zero attached hydrogens (tertiary/aromatic N) is 2. The molecule has 1 saturated heterocycles. The first-order valence-electron chi connectivity index (χ1n) is 10.8. The fourth-order valence-corrected chi connectivity index (χ4v) is 4.75. The number of benzene rings is 3. The monoisotopic (exact) mass is 383 g/mol. The molecule has 0 radical (unpaired) electrons. The molecular weight excluding hydrogens is 354 g/mol. The smallest absolute Gasteiger partial charge is 0.0556 e. The van der Waals surface area contributed by atoms with Gasteiger partial charge in [-0.25, -0.2) is 0 Å². The Bertz CT molecular complexity index is 1140. The number of para-hydroxylation sites is 1. The molecule has 0 aliphatic carbocycles. The van der Waals surface area contributed by atoms with Gasteiger partial charge in [0, 0.05) is 35.9 Å². The molecule has 1 aliphatic heterocycles. The van der Waals surface area contributed by atoms with E-state index in [2.05, 4.69) is 88.6 Å². The third-order valence-corrected chi connectivity index (χ3v) is 6.38. The number of nitrogens with one attached hydrogen (secondary N) is 1. The van der Waals surface area contributed by atoms with Crippen LogP contribution in [0.4, 0.5) is 5.69 Å². The highest BCUT2D eigenvalue weighted by molar-refractivity contribution is 5.87. The molecule has 0 unspecified atom stereocenters. The van der Waals surface area contributed by atoms with Crippen LogP contribution in [0.5, 0.6) is 0 Å². The second kappa shape index (κ2) is 7.92. The van der Waals surface area contributed by atoms with Gasteiger partial charge in [-0.3, -0.25) is 4.90 Å². The number of hydrogen-bond acceptors (Lipinski definition) is 2. The van der Waals surface area contributed by atoms with Gasteiger partial charge in [-0.05, 0) is 60.5 Å². The summed E-state index contributed by atoms with van der Waals surface area (Å²) >= 11 is 0. The predicted octanol–water partition coefficient (Wildman–Crippen LogP) is 5.93. The number of aromatic nitrogens is 1. The van der Waals surface area contributed by atoms with Crippen molar-refractivity contribution in [1.29, 1.82) is 0 Å². The Labute approximate surface area is 172 Å². The quantitative estimate of drug-likeness (QED) is 0.461. The first-order valence-corrected chi connectivity index (χ1v) is 10.8. The Hall–Kier alpha value is -2.78. The summed E-state index contributed by atoms with van der Waals surface area (Å²) in [6.07, 6.45) is 4.04. The third-order valence-electron chi connectivity index (χ3n) is 6.38. The summed E-state index contributed by atoms with van der Waals surface area (Å²) in [5.41, 5.74) is 5.39. The second-order valence-electron chi connectivity index (χ2n) is 8.25. The SMILES string of the molecule is Cn1c(CNc2ccc3ccccc3c2)c(CN2CCCCC2)c2ccccc21. The van der Waals surface area contributed by atoms with Gasteiger partial charge in [0.05, 0.1) is 6.54 Å². The standard InChI is InChI=1S/C26H29N3/c1-28-25-12-6-5-11-23(25)24(19-29-15-7-2-8-16-29)26(28)18-27-22-14-13-20-9-3-4-10-21(20)17-22/h3-6,9-14,17,27H,2,7-8,15-16,18-19H2,1H3. The van der Waals surface area contributed by atoms with Crippen LogP contribution in [0.2, 0.25) is 0 Å². The van der Waals surface area contributed by atoms with Crippen molar-refractivity contribution in [1.82, 2.24) is 9.47 Å². The number of rotatable bonds is 5. The van der Waals surface area contributed by atoms with Crippen LogP contribution in [0.1, 0.15) is 30.5 Å². The number of aryl methyl sites for hydroxylation is 1. The largest absolute Gasteiger partial charge is 0.379 e. The van der Waals surface area contributed by atoms with Crippen molar-refractivity contribution >= 4 is 27.4 Å². The van der Waals surface area contributed by atoms with Crippen molar-refractivity contribution in [3.8, 4) is 0 Å². The summed E-state index contributed by atoms with van der Waals surface area (Å²) in [5.74, 6) is 0. The molecule has 3 nitrogen and oxygen atoms in total. The molecule has 0 atom stereocenters. The van der Waals surface area contributed by atoms with Crippen molar-refractivity contribution < 1.29 is 0 Å². The average molecular weight is 384 g/mol. The first kappa shape index (κ1) is 18.3. The molecule has 148 valence electrons. The lowest BCUT2D eigenvalue weighted by molar-refractivity contribution is 0.221. The van der Waals surface area contributed by atoms with Crippen LogP contribution in [0, 0.1) is 0 Å². The zero-order valence-electron chi connectivity index (χ0n) is 17.2. The lowest BCUT2D eigenvalue weighted by Crippen LogP contribution is -2.29. The molecular formula is C26H29N3. The van der Waals surface area contributed by atoms with Crippen LogP contribution in [0.15, 0.2) is 66.7 Å². The number of anilines is 1. The highest BCUT2D eigenvalue weighted by Crippen LogP contribution is 2.29. The van der Waals surface area contributed by atoms with Gasteiger partial charge >= 0.3 is 0 Å². The molecule has 0 spiro atoms. The van der Waals surface area contributed by atoms with E-state index >= 15 is 0 Å². The van der Waals surface area contributed by atoms with Crippen LogP contribution in [-0.2, 0) is 20.1 Å². The second-order valence-corrected chi connectivity index (χ2v) is 8.25. The summed E-state index contributed by atoms with van der Waals surface area (Å²) in [4.78, 5) is 2.63. The molecule has 0 amide bonds. The van der Waals surface area contributed by atoms with Gasteiger partial charge in [0.1, 0.15) is 0 Å². The molecule has 3 heteroatoms. The average Bonchev–Trinajstić information content (AvgIpc) is 3.04. The van der Waals surface area contributed by atoms with Gasteiger partial charge in [-0.1, -0.05) is 55.0 Å². The number of fused-ring (bicyclic) bond motifs is 2. The molecule has 4 aromatic rings. The Balaban J connectivity index is 1.46. The zero-order chi connectivity index (χ0) is 19.6. The Morgan fingerprint density at radius 1 is 0.828 bits per heavy atom. The minimum absolute atomic E-state index is 0.840. The molecule has 29 heavy (non-hydrogen) atoms. The number of piperidine rings is 1. The van der Waals surface area contributed by atoms with Crippen LogP contribution in [0.25, 0.3) is 21.7 Å². The molecule has 2 heterocycles. The fourth-order valence-electron chi connectivity index (χ4n) is 4.75. The Kier molecular flexibility index (Phi) is 4.99. The van der Waals surface area contributed by atoms with Crippen LogP contribution >= 0.6 is 0 Å². The van der Waals surface area contributed by atoms with E-state index in [9.17, 15) is 0 Å². The molecule has 1 aromatic heterocycles. The van der Waals surface area contributed by atoms with Gasteiger partial charge in [0.2, 0.25) is 0 Å². The topological polar surface area (TPSA) is 20.2 Å². The number of likely N-dealkylation sites (tertiary alicyclic amines) is 1. The van der Waals surface area contributed by atoms with Gasteiger partial charge in [-0.2, -0.15) is 0 Å². The van der Waals surface area contributed by atoms with Gasteiger partial charge in [0.25, 0.3) is 0 Å². The highest BCUT2D eigenvalue weighted by atomic mass is 15.1. The summed E-state index contributed by atoms with van der Waals surface area (Å²) < 4.78 is 2.38. The van der Waals surface area contributed by atoms with E-state index in [1.54, 1.807) is 0 Å². The van der Waals surface area contributed by atoms with E-state index in [1.807, 2.05) is 0 Å². The first-order chi connectivity index (χ1) is 14.3. The van der Waals surface area contributed by atoms with E-state index in [-0.39, 0.29) is 0 Å². The van der Waals surface area contributed by atoms with Crippen LogP contribution < -0.4 is 5.32 Å². The van der Waals surface area contributed by atoms with Gasteiger partial charge in [-0.15, -0.1) is 0 Å². The molecule has 3 aromatic carbocycles. The van der Waals surface area contributed by atoms with Crippen molar-refractivity contribution in [2.75, 3.05) is 18.4 Å². The normalized spacial score (nSPS) is 15.2. The van der Waals surface area contributed by atoms with E-state index in [0.29, 0.717) is 0 Å². The van der Waals surface area contributed by atoms with E-state index in [0.717, 1.165) is 13.1 Å². The van der Waals surface area contributed by atoms with Crippen molar-refractivity contribution in [2.45, 2.75) is 32.4 Å². The Morgan fingerprint density at radius 3 is 2.45 bits per heavy atom. The van der Waals surface area contributed by atoms with Crippen LogP contribution in [-0.4, -0.2) is 22.6 Å². The van der Waals surface area contributed by atoms with Crippen molar-refractivity contribution in [3.05, 3.63) is 78.0 Å². The highest BCUT2D eigenvalue weighted by Gasteiger charge is 2.18. The summed E-state index contributed by atoms with van der Waals surface area (Å²) in [6.45, 7) is 4.34. The van der Waals surface area contributed by atoms with Crippen molar-refractivity contribution in [2.24, 2.45) is 7.05 Å². The molecule has 5 rings (SSSR count). The lowest BCUT2D eigenvalue weighted by atomic mass is 10.1. The molecule has 1 fully saturated rings. The molecule has 1 N–H and O–H groups in total. The third kappa shape index (κ3) is 3.63. The maximum absolute atomic E-state index is 3.69. The lowest BCUT2D eigenvalue weighted by Gasteiger charge is -2.27. The number of hydrogen-bond donors (Lipinski definition) is 1. The van der Waals surface area contributed by atoms with E-state index in [1.165, 1.54) is 71.0 Å². The zero-order valence-corrected chi connectivity index (χ0v) is 17.2.